The van der Waals surface area contributed by atoms with Gasteiger partial charge in [0, 0.05) is 17.1 Å². The smallest absolute Gasteiger partial charge is 0.413 e. The van der Waals surface area contributed by atoms with Crippen molar-refractivity contribution in [3.05, 3.63) is 52.1 Å². The Morgan fingerprint density at radius 3 is 2.41 bits per heavy atom. The van der Waals surface area contributed by atoms with Gasteiger partial charge >= 0.3 is 6.09 Å². The SMILES string of the molecule is C/C(C#N)=N\Nc1cc(Cl)c(Oc2ccc3[nH]cc(C(C)C)c3c2)c(Cl)c1.CC.CCOC(=O)NC=O. The lowest BCUT2D eigenvalue weighted by Gasteiger charge is -2.12. The number of nitriles is 1. The number of nitrogens with one attached hydrogen (secondary N) is 3. The van der Waals surface area contributed by atoms with E-state index >= 15 is 0 Å². The van der Waals surface area contributed by atoms with Crippen LogP contribution < -0.4 is 15.5 Å². The molecular formula is C26H31Cl2N5O4. The van der Waals surface area contributed by atoms with Crippen LogP contribution in [-0.4, -0.2) is 29.8 Å². The number of imide groups is 1. The van der Waals surface area contributed by atoms with E-state index in [0.717, 1.165) is 10.9 Å². The Balaban J connectivity index is 0.000000586. The van der Waals surface area contributed by atoms with Gasteiger partial charge in [0.25, 0.3) is 0 Å². The number of hydrogen-bond donors (Lipinski definition) is 3. The van der Waals surface area contributed by atoms with E-state index in [1.807, 2.05) is 44.3 Å². The quantitative estimate of drug-likeness (QED) is 0.158. The van der Waals surface area contributed by atoms with Crippen LogP contribution in [0.15, 0.2) is 41.6 Å². The first-order valence-electron chi connectivity index (χ1n) is 11.5. The lowest BCUT2D eigenvalue weighted by Crippen LogP contribution is -2.21. The van der Waals surface area contributed by atoms with Gasteiger partial charge in [-0.15, -0.1) is 0 Å². The van der Waals surface area contributed by atoms with E-state index in [-0.39, 0.29) is 13.0 Å². The van der Waals surface area contributed by atoms with Gasteiger partial charge in [0.15, 0.2) is 5.75 Å². The Labute approximate surface area is 226 Å². The number of anilines is 1. The number of carbonyl (C=O) groups excluding carboxylic acids is 2. The molecule has 0 bridgehead atoms. The van der Waals surface area contributed by atoms with E-state index in [4.69, 9.17) is 33.2 Å². The molecule has 198 valence electrons. The van der Waals surface area contributed by atoms with Gasteiger partial charge in [-0.3, -0.25) is 15.5 Å². The third-order valence-corrected chi connectivity index (χ3v) is 5.05. The van der Waals surface area contributed by atoms with Gasteiger partial charge in [0.1, 0.15) is 17.5 Å². The zero-order valence-electron chi connectivity index (χ0n) is 21.6. The predicted molar refractivity (Wildman–Crippen MR) is 149 cm³/mol. The summed E-state index contributed by atoms with van der Waals surface area (Å²) in [6.07, 6.45) is 1.59. The minimum absolute atomic E-state index is 0.276. The number of hydrogen-bond acceptors (Lipinski definition) is 7. The Morgan fingerprint density at radius 2 is 1.86 bits per heavy atom. The zero-order valence-corrected chi connectivity index (χ0v) is 23.1. The van der Waals surface area contributed by atoms with Gasteiger partial charge in [0.2, 0.25) is 6.41 Å². The number of amides is 2. The van der Waals surface area contributed by atoms with E-state index in [2.05, 4.69) is 34.1 Å². The summed E-state index contributed by atoms with van der Waals surface area (Å²) in [5, 5.41) is 16.2. The van der Waals surface area contributed by atoms with Crippen LogP contribution in [0.3, 0.4) is 0 Å². The normalized spacial score (nSPS) is 10.3. The second kappa shape index (κ2) is 16.1. The van der Waals surface area contributed by atoms with Gasteiger partial charge in [0.05, 0.1) is 22.3 Å². The number of halogens is 2. The average molecular weight is 548 g/mol. The van der Waals surface area contributed by atoms with Crippen molar-refractivity contribution in [1.82, 2.24) is 10.3 Å². The fourth-order valence-corrected chi connectivity index (χ4v) is 3.46. The van der Waals surface area contributed by atoms with Crippen LogP contribution in [0.4, 0.5) is 10.5 Å². The van der Waals surface area contributed by atoms with E-state index in [9.17, 15) is 9.59 Å². The number of nitrogens with zero attached hydrogens (tertiary/aromatic N) is 2. The Hall–Kier alpha value is -3.74. The van der Waals surface area contributed by atoms with E-state index in [1.165, 1.54) is 5.56 Å². The number of benzene rings is 2. The molecule has 3 rings (SSSR count). The monoisotopic (exact) mass is 547 g/mol. The molecule has 2 amide bonds. The van der Waals surface area contributed by atoms with Crippen LogP contribution in [-0.2, 0) is 9.53 Å². The predicted octanol–water partition coefficient (Wildman–Crippen LogP) is 7.62. The first-order chi connectivity index (χ1) is 17.7. The number of H-pyrrole nitrogens is 1. The van der Waals surface area contributed by atoms with Crippen molar-refractivity contribution in [1.29, 1.82) is 5.26 Å². The molecule has 0 spiro atoms. The third kappa shape index (κ3) is 9.67. The molecule has 11 heteroatoms. The summed E-state index contributed by atoms with van der Waals surface area (Å²) in [6.45, 7) is 11.8. The van der Waals surface area contributed by atoms with E-state index in [1.54, 1.807) is 31.3 Å². The van der Waals surface area contributed by atoms with Crippen LogP contribution >= 0.6 is 23.2 Å². The summed E-state index contributed by atoms with van der Waals surface area (Å²) >= 11 is 12.7. The number of fused-ring (bicyclic) bond motifs is 1. The number of aromatic nitrogens is 1. The molecule has 3 N–H and O–H groups in total. The largest absolute Gasteiger partial charge is 0.454 e. The molecule has 37 heavy (non-hydrogen) atoms. The lowest BCUT2D eigenvalue weighted by atomic mass is 10.0. The van der Waals surface area contributed by atoms with Crippen molar-refractivity contribution in [2.24, 2.45) is 5.10 Å². The molecule has 0 aliphatic rings. The molecule has 1 heterocycles. The minimum atomic E-state index is -0.706. The number of alkyl carbamates (subject to hydrolysis) is 1. The minimum Gasteiger partial charge on any atom is -0.454 e. The first-order valence-corrected chi connectivity index (χ1v) is 12.3. The van der Waals surface area contributed by atoms with Crippen molar-refractivity contribution in [2.45, 2.75) is 47.5 Å². The molecule has 0 saturated heterocycles. The molecule has 2 aromatic carbocycles. The molecule has 0 saturated carbocycles. The molecule has 3 aromatic rings. The molecule has 0 aliphatic carbocycles. The number of ether oxygens (including phenoxy) is 2. The van der Waals surface area contributed by atoms with Crippen molar-refractivity contribution < 1.29 is 19.1 Å². The molecule has 9 nitrogen and oxygen atoms in total. The Morgan fingerprint density at radius 1 is 1.22 bits per heavy atom. The lowest BCUT2D eigenvalue weighted by molar-refractivity contribution is -0.109. The molecule has 0 fully saturated rings. The molecule has 0 aliphatic heterocycles. The fourth-order valence-electron chi connectivity index (χ4n) is 2.90. The average Bonchev–Trinajstić information content (AvgIpc) is 3.30. The maximum Gasteiger partial charge on any atom is 0.413 e. The van der Waals surface area contributed by atoms with Gasteiger partial charge in [-0.2, -0.15) is 10.4 Å². The standard InChI is InChI=1S/C20H18Cl2N4O.C4H7NO3.C2H6/c1-11(2)16-10-24-19-5-4-14(8-15(16)19)27-20-17(21)6-13(7-18(20)22)26-25-12(3)9-23;1-2-8-4(7)5-3-6;1-2/h4-8,10-11,24,26H,1-3H3;3H,2H2,1H3,(H,5,6,7);1-2H3/b25-12+;;. The van der Waals surface area contributed by atoms with Gasteiger partial charge in [-0.25, -0.2) is 4.79 Å². The fraction of sp³-hybridized carbons (Fsp3) is 0.308. The summed E-state index contributed by atoms with van der Waals surface area (Å²) in [7, 11) is 0. The van der Waals surface area contributed by atoms with Crippen molar-refractivity contribution in [3.63, 3.8) is 0 Å². The molecule has 1 aromatic heterocycles. The van der Waals surface area contributed by atoms with Crippen molar-refractivity contribution >= 4 is 58.0 Å². The Kier molecular flexibility index (Phi) is 13.6. The van der Waals surface area contributed by atoms with Crippen LogP contribution in [0.25, 0.3) is 10.9 Å². The van der Waals surface area contributed by atoms with Crippen LogP contribution in [0.5, 0.6) is 11.5 Å². The summed E-state index contributed by atoms with van der Waals surface area (Å²) in [4.78, 5) is 22.8. The van der Waals surface area contributed by atoms with Gasteiger partial charge in [-0.05, 0) is 55.7 Å². The molecule has 0 unspecified atom stereocenters. The highest BCUT2D eigenvalue weighted by Crippen LogP contribution is 2.40. The highest BCUT2D eigenvalue weighted by atomic mass is 35.5. The third-order valence-electron chi connectivity index (χ3n) is 4.49. The number of rotatable bonds is 7. The maximum atomic E-state index is 10.1. The highest BCUT2D eigenvalue weighted by Gasteiger charge is 2.13. The second-order valence-electron chi connectivity index (χ2n) is 7.38. The molecular weight excluding hydrogens is 517 g/mol. The van der Waals surface area contributed by atoms with Gasteiger partial charge in [-0.1, -0.05) is 50.9 Å². The number of carbonyl (C=O) groups is 2. The van der Waals surface area contributed by atoms with Crippen LogP contribution in [0.1, 0.15) is 53.0 Å². The number of aromatic amines is 1. The van der Waals surface area contributed by atoms with Crippen molar-refractivity contribution in [3.8, 4) is 17.6 Å². The summed E-state index contributed by atoms with van der Waals surface area (Å²) in [5.74, 6) is 1.40. The summed E-state index contributed by atoms with van der Waals surface area (Å²) < 4.78 is 10.3. The second-order valence-corrected chi connectivity index (χ2v) is 8.20. The van der Waals surface area contributed by atoms with E-state index in [0.29, 0.717) is 38.9 Å². The van der Waals surface area contributed by atoms with Crippen molar-refractivity contribution in [2.75, 3.05) is 12.0 Å². The highest BCUT2D eigenvalue weighted by molar-refractivity contribution is 6.37. The Bertz CT molecular complexity index is 1240. The van der Waals surface area contributed by atoms with Crippen LogP contribution in [0.2, 0.25) is 10.0 Å². The van der Waals surface area contributed by atoms with E-state index < -0.39 is 6.09 Å². The van der Waals surface area contributed by atoms with Crippen LogP contribution in [0, 0.1) is 11.3 Å². The zero-order chi connectivity index (χ0) is 28.0. The summed E-state index contributed by atoms with van der Waals surface area (Å²) in [5.41, 5.74) is 5.88. The molecule has 0 radical (unpaired) electrons. The maximum absolute atomic E-state index is 10.1. The first kappa shape index (κ1) is 31.3. The topological polar surface area (TPSA) is 129 Å². The molecule has 0 atom stereocenters. The summed E-state index contributed by atoms with van der Waals surface area (Å²) in [6, 6.07) is 11.0. The number of hydrazone groups is 1. The van der Waals surface area contributed by atoms with Gasteiger partial charge < -0.3 is 14.5 Å².